The van der Waals surface area contributed by atoms with E-state index in [2.05, 4.69) is 24.5 Å². The van der Waals surface area contributed by atoms with Gasteiger partial charge >= 0.3 is 0 Å². The predicted molar refractivity (Wildman–Crippen MR) is 78.7 cm³/mol. The lowest BCUT2D eigenvalue weighted by Crippen LogP contribution is -2.47. The largest absolute Gasteiger partial charge is 0.353 e. The van der Waals surface area contributed by atoms with E-state index in [4.69, 9.17) is 0 Å². The molecule has 0 aliphatic heterocycles. The van der Waals surface area contributed by atoms with Gasteiger partial charge in [0.15, 0.2) is 0 Å². The molecule has 0 aliphatic rings. The monoisotopic (exact) mass is 256 g/mol. The summed E-state index contributed by atoms with van der Waals surface area (Å²) in [6, 6.07) is 0.531. The Hall–Kier alpha value is -0.570. The molecule has 2 N–H and O–H groups in total. The fraction of sp³-hybridized carbons (Fsp3) is 0.933. The Kier molecular flexibility index (Phi) is 10.0. The van der Waals surface area contributed by atoms with Crippen LogP contribution >= 0.6 is 0 Å². The molecular weight excluding hydrogens is 224 g/mol. The molecule has 3 nitrogen and oxygen atoms in total. The molecule has 0 bridgehead atoms. The number of carbonyl (C=O) groups excluding carboxylic acids is 1. The minimum Gasteiger partial charge on any atom is -0.353 e. The summed E-state index contributed by atoms with van der Waals surface area (Å²) in [5.41, 5.74) is 0. The van der Waals surface area contributed by atoms with E-state index >= 15 is 0 Å². The third-order valence-electron chi connectivity index (χ3n) is 3.10. The molecule has 0 saturated heterocycles. The van der Waals surface area contributed by atoms with Crippen LogP contribution in [-0.4, -0.2) is 24.0 Å². The second-order valence-corrected chi connectivity index (χ2v) is 5.66. The Bertz CT molecular complexity index is 217. The summed E-state index contributed by atoms with van der Waals surface area (Å²) in [5.74, 6) is 0.0998. The minimum atomic E-state index is -0.0990. The quantitative estimate of drug-likeness (QED) is 0.589. The number of hydrogen-bond donors (Lipinski definition) is 2. The third kappa shape index (κ3) is 9.46. The van der Waals surface area contributed by atoms with Gasteiger partial charge in [-0.2, -0.15) is 0 Å². The van der Waals surface area contributed by atoms with Crippen LogP contribution in [0, 0.1) is 0 Å². The van der Waals surface area contributed by atoms with Gasteiger partial charge in [0.1, 0.15) is 0 Å². The molecule has 0 aromatic rings. The molecule has 3 heteroatoms. The van der Waals surface area contributed by atoms with Crippen molar-refractivity contribution in [3.8, 4) is 0 Å². The van der Waals surface area contributed by atoms with E-state index in [1.54, 1.807) is 0 Å². The maximum Gasteiger partial charge on any atom is 0.237 e. The molecule has 108 valence electrons. The third-order valence-corrected chi connectivity index (χ3v) is 3.10. The van der Waals surface area contributed by atoms with Crippen molar-refractivity contribution in [2.45, 2.75) is 91.3 Å². The summed E-state index contributed by atoms with van der Waals surface area (Å²) < 4.78 is 0. The van der Waals surface area contributed by atoms with Gasteiger partial charge in [-0.1, -0.05) is 39.0 Å². The van der Waals surface area contributed by atoms with Gasteiger partial charge < -0.3 is 10.6 Å². The highest BCUT2D eigenvalue weighted by atomic mass is 16.2. The van der Waals surface area contributed by atoms with E-state index < -0.39 is 0 Å². The number of hydrogen-bond acceptors (Lipinski definition) is 2. The maximum atomic E-state index is 11.7. The number of carbonyl (C=O) groups is 1. The van der Waals surface area contributed by atoms with Crippen molar-refractivity contribution < 1.29 is 4.79 Å². The average molecular weight is 256 g/mol. The Morgan fingerprint density at radius 1 is 1.00 bits per heavy atom. The van der Waals surface area contributed by atoms with Gasteiger partial charge in [-0.05, 0) is 34.1 Å². The molecule has 0 aromatic carbocycles. The summed E-state index contributed by atoms with van der Waals surface area (Å²) in [4.78, 5) is 11.7. The van der Waals surface area contributed by atoms with E-state index in [1.165, 1.54) is 32.1 Å². The van der Waals surface area contributed by atoms with Crippen LogP contribution in [0.3, 0.4) is 0 Å². The van der Waals surface area contributed by atoms with Crippen LogP contribution in [0.15, 0.2) is 0 Å². The zero-order valence-corrected chi connectivity index (χ0v) is 12.9. The van der Waals surface area contributed by atoms with Crippen LogP contribution in [0.1, 0.15) is 73.1 Å². The molecule has 0 radical (unpaired) electrons. The van der Waals surface area contributed by atoms with Crippen molar-refractivity contribution in [3.05, 3.63) is 0 Å². The number of rotatable bonds is 10. The van der Waals surface area contributed by atoms with Gasteiger partial charge in [0.25, 0.3) is 0 Å². The average Bonchev–Trinajstić information content (AvgIpc) is 2.27. The molecule has 18 heavy (non-hydrogen) atoms. The molecular formula is C15H32N2O. The summed E-state index contributed by atoms with van der Waals surface area (Å²) in [6.45, 7) is 10.3. The molecule has 0 spiro atoms. The molecule has 1 amide bonds. The summed E-state index contributed by atoms with van der Waals surface area (Å²) >= 11 is 0. The Balaban J connectivity index is 3.66. The van der Waals surface area contributed by atoms with Crippen molar-refractivity contribution in [1.29, 1.82) is 0 Å². The highest BCUT2D eigenvalue weighted by Gasteiger charge is 2.15. The van der Waals surface area contributed by atoms with Gasteiger partial charge in [0.05, 0.1) is 6.04 Å². The molecule has 0 saturated carbocycles. The highest BCUT2D eigenvalue weighted by Crippen LogP contribution is 2.07. The van der Waals surface area contributed by atoms with Crippen molar-refractivity contribution in [3.63, 3.8) is 0 Å². The van der Waals surface area contributed by atoms with Crippen LogP contribution in [0.2, 0.25) is 0 Å². The Labute approximate surface area is 113 Å². The first-order chi connectivity index (χ1) is 8.47. The molecule has 0 rings (SSSR count). The maximum absolute atomic E-state index is 11.7. The zero-order chi connectivity index (χ0) is 14.0. The van der Waals surface area contributed by atoms with Gasteiger partial charge in [0, 0.05) is 12.1 Å². The second kappa shape index (κ2) is 10.4. The minimum absolute atomic E-state index is 0.0990. The van der Waals surface area contributed by atoms with Crippen LogP contribution < -0.4 is 10.6 Å². The van der Waals surface area contributed by atoms with Crippen LogP contribution in [-0.2, 0) is 4.79 Å². The van der Waals surface area contributed by atoms with Crippen molar-refractivity contribution in [2.24, 2.45) is 0 Å². The lowest BCUT2D eigenvalue weighted by atomic mass is 10.1. The topological polar surface area (TPSA) is 41.1 Å². The first-order valence-corrected chi connectivity index (χ1v) is 7.53. The normalized spacial score (nSPS) is 14.6. The second-order valence-electron chi connectivity index (χ2n) is 5.66. The Morgan fingerprint density at radius 2 is 1.61 bits per heavy atom. The number of unbranched alkanes of at least 4 members (excludes halogenated alkanes) is 4. The molecule has 2 atom stereocenters. The first kappa shape index (κ1) is 17.4. The van der Waals surface area contributed by atoms with E-state index in [9.17, 15) is 4.79 Å². The smallest absolute Gasteiger partial charge is 0.237 e. The van der Waals surface area contributed by atoms with Crippen molar-refractivity contribution in [2.75, 3.05) is 0 Å². The Morgan fingerprint density at radius 3 is 2.17 bits per heavy atom. The summed E-state index contributed by atoms with van der Waals surface area (Å²) in [5, 5.41) is 6.29. The summed E-state index contributed by atoms with van der Waals surface area (Å²) in [7, 11) is 0. The zero-order valence-electron chi connectivity index (χ0n) is 12.9. The number of amides is 1. The van der Waals surface area contributed by atoms with Crippen LogP contribution in [0.4, 0.5) is 0 Å². The van der Waals surface area contributed by atoms with E-state index in [-0.39, 0.29) is 18.0 Å². The number of nitrogens with one attached hydrogen (secondary N) is 2. The summed E-state index contributed by atoms with van der Waals surface area (Å²) in [6.07, 6.45) is 7.70. The molecule has 0 heterocycles. The molecule has 0 fully saturated rings. The molecule has 0 aliphatic carbocycles. The van der Waals surface area contributed by atoms with Crippen molar-refractivity contribution in [1.82, 2.24) is 10.6 Å². The highest BCUT2D eigenvalue weighted by molar-refractivity contribution is 5.81. The van der Waals surface area contributed by atoms with Gasteiger partial charge in [-0.15, -0.1) is 0 Å². The molecule has 0 aromatic heterocycles. The van der Waals surface area contributed by atoms with E-state index in [0.29, 0.717) is 6.04 Å². The van der Waals surface area contributed by atoms with Crippen LogP contribution in [0.25, 0.3) is 0 Å². The fourth-order valence-electron chi connectivity index (χ4n) is 2.05. The fourth-order valence-corrected chi connectivity index (χ4v) is 2.05. The predicted octanol–water partition coefficient (Wildman–Crippen LogP) is 3.24. The lowest BCUT2D eigenvalue weighted by Gasteiger charge is -2.20. The van der Waals surface area contributed by atoms with Gasteiger partial charge in [-0.3, -0.25) is 4.79 Å². The van der Waals surface area contributed by atoms with Gasteiger partial charge in [0.2, 0.25) is 5.91 Å². The van der Waals surface area contributed by atoms with Crippen molar-refractivity contribution >= 4 is 5.91 Å². The van der Waals surface area contributed by atoms with Crippen LogP contribution in [0.5, 0.6) is 0 Å². The molecule has 2 unspecified atom stereocenters. The standard InChI is InChI=1S/C15H32N2O/c1-6-7-8-9-10-11-13(4)17-14(5)15(18)16-12(2)3/h12-14,17H,6-11H2,1-5H3,(H,16,18). The lowest BCUT2D eigenvalue weighted by molar-refractivity contribution is -0.123. The van der Waals surface area contributed by atoms with E-state index in [1.807, 2.05) is 20.8 Å². The van der Waals surface area contributed by atoms with E-state index in [0.717, 1.165) is 6.42 Å². The first-order valence-electron chi connectivity index (χ1n) is 7.53. The SMILES string of the molecule is CCCCCCCC(C)NC(C)C(=O)NC(C)C. The van der Waals surface area contributed by atoms with Gasteiger partial charge in [-0.25, -0.2) is 0 Å².